The fourth-order valence-corrected chi connectivity index (χ4v) is 4.58. The smallest absolute Gasteiger partial charge is 0.200 e. The van der Waals surface area contributed by atoms with Crippen LogP contribution in [0.2, 0.25) is 0 Å². The Labute approximate surface area is 180 Å². The van der Waals surface area contributed by atoms with E-state index in [0.29, 0.717) is 11.9 Å². The summed E-state index contributed by atoms with van der Waals surface area (Å²) in [5.74, 6) is 1.50. The van der Waals surface area contributed by atoms with E-state index in [4.69, 9.17) is 15.1 Å². The number of fused-ring (bicyclic) bond motifs is 2. The highest BCUT2D eigenvalue weighted by Crippen LogP contribution is 2.33. The molecule has 5 heteroatoms. The molecule has 152 valence electrons. The molecule has 0 N–H and O–H groups in total. The molecule has 3 aromatic heterocycles. The van der Waals surface area contributed by atoms with Crippen LogP contribution in [0.1, 0.15) is 38.1 Å². The molecule has 5 aromatic rings. The monoisotopic (exact) mass is 405 g/mol. The van der Waals surface area contributed by atoms with Crippen LogP contribution >= 0.6 is 0 Å². The fraction of sp³-hybridized carbons (Fsp3) is 0.231. The first-order chi connectivity index (χ1) is 15.3. The molecule has 6 rings (SSSR count). The SMILES string of the molecule is c1ccc2cc(-c3nc(-c4ccc5ccccc5n4)n(C4CCCCC4)n3)ncc2c1. The molecule has 31 heavy (non-hydrogen) atoms. The van der Waals surface area contributed by atoms with Crippen LogP contribution in [0.25, 0.3) is 44.7 Å². The minimum absolute atomic E-state index is 0.360. The molecular formula is C26H23N5. The maximum Gasteiger partial charge on any atom is 0.200 e. The number of benzene rings is 2. The van der Waals surface area contributed by atoms with Crippen molar-refractivity contribution in [3.8, 4) is 23.0 Å². The maximum absolute atomic E-state index is 4.97. The van der Waals surface area contributed by atoms with E-state index in [2.05, 4.69) is 46.1 Å². The molecule has 1 fully saturated rings. The molecule has 1 saturated carbocycles. The lowest BCUT2D eigenvalue weighted by atomic mass is 9.95. The van der Waals surface area contributed by atoms with Gasteiger partial charge in [0.15, 0.2) is 11.6 Å². The molecule has 0 unspecified atom stereocenters. The Morgan fingerprint density at radius 1 is 0.710 bits per heavy atom. The van der Waals surface area contributed by atoms with Gasteiger partial charge in [-0.3, -0.25) is 4.98 Å². The standard InChI is InChI=1S/C26H23N5/c1-2-11-21(12-3-1)31-26(23-15-14-18-8-6-7-13-22(18)28-23)29-25(30-31)24-16-19-9-4-5-10-20(19)17-27-24/h4-10,13-17,21H,1-3,11-12H2. The van der Waals surface area contributed by atoms with E-state index < -0.39 is 0 Å². The molecule has 0 spiro atoms. The molecule has 0 amide bonds. The number of hydrogen-bond acceptors (Lipinski definition) is 4. The Kier molecular flexibility index (Phi) is 4.45. The van der Waals surface area contributed by atoms with Gasteiger partial charge in [0.05, 0.1) is 11.6 Å². The first-order valence-electron chi connectivity index (χ1n) is 11.0. The third-order valence-electron chi connectivity index (χ3n) is 6.24. The van der Waals surface area contributed by atoms with Crippen LogP contribution in [0, 0.1) is 0 Å². The minimum atomic E-state index is 0.360. The number of nitrogens with zero attached hydrogens (tertiary/aromatic N) is 5. The van der Waals surface area contributed by atoms with Gasteiger partial charge in [-0.05, 0) is 36.4 Å². The van der Waals surface area contributed by atoms with Gasteiger partial charge in [-0.15, -0.1) is 5.10 Å². The summed E-state index contributed by atoms with van der Waals surface area (Å²) in [6.07, 6.45) is 7.94. The van der Waals surface area contributed by atoms with Crippen molar-refractivity contribution in [2.45, 2.75) is 38.1 Å². The highest BCUT2D eigenvalue weighted by molar-refractivity contribution is 5.84. The number of aromatic nitrogens is 5. The van der Waals surface area contributed by atoms with Crippen LogP contribution in [0.3, 0.4) is 0 Å². The van der Waals surface area contributed by atoms with Crippen LogP contribution < -0.4 is 0 Å². The van der Waals surface area contributed by atoms with Gasteiger partial charge < -0.3 is 0 Å². The largest absolute Gasteiger partial charge is 0.252 e. The summed E-state index contributed by atoms with van der Waals surface area (Å²) in [4.78, 5) is 14.5. The summed E-state index contributed by atoms with van der Waals surface area (Å²) < 4.78 is 2.11. The first-order valence-corrected chi connectivity index (χ1v) is 11.0. The van der Waals surface area contributed by atoms with Crippen molar-refractivity contribution < 1.29 is 0 Å². The Hall–Kier alpha value is -3.60. The van der Waals surface area contributed by atoms with Gasteiger partial charge in [-0.2, -0.15) is 0 Å². The van der Waals surface area contributed by atoms with E-state index in [-0.39, 0.29) is 0 Å². The topological polar surface area (TPSA) is 56.5 Å². The Balaban J connectivity index is 1.50. The maximum atomic E-state index is 4.97. The van der Waals surface area contributed by atoms with Crippen LogP contribution in [0.15, 0.2) is 72.9 Å². The number of para-hydroxylation sites is 1. The molecule has 0 aliphatic heterocycles. The zero-order valence-corrected chi connectivity index (χ0v) is 17.3. The summed E-state index contributed by atoms with van der Waals surface area (Å²) in [6, 6.07) is 23.1. The summed E-state index contributed by atoms with van der Waals surface area (Å²) >= 11 is 0. The summed E-state index contributed by atoms with van der Waals surface area (Å²) in [5, 5.41) is 8.37. The highest BCUT2D eigenvalue weighted by Gasteiger charge is 2.23. The van der Waals surface area contributed by atoms with Crippen LogP contribution in [-0.2, 0) is 0 Å². The lowest BCUT2D eigenvalue weighted by molar-refractivity contribution is 0.332. The molecule has 1 aliphatic carbocycles. The third kappa shape index (κ3) is 3.36. The minimum Gasteiger partial charge on any atom is -0.252 e. The molecule has 0 atom stereocenters. The second kappa shape index (κ2) is 7.58. The zero-order chi connectivity index (χ0) is 20.6. The fourth-order valence-electron chi connectivity index (χ4n) is 4.58. The number of rotatable bonds is 3. The molecule has 0 bridgehead atoms. The van der Waals surface area contributed by atoms with Crippen molar-refractivity contribution in [1.29, 1.82) is 0 Å². The average Bonchev–Trinajstić information content (AvgIpc) is 3.30. The number of hydrogen-bond donors (Lipinski definition) is 0. The molecular weight excluding hydrogens is 382 g/mol. The number of pyridine rings is 2. The average molecular weight is 406 g/mol. The van der Waals surface area contributed by atoms with Crippen LogP contribution in [-0.4, -0.2) is 24.7 Å². The van der Waals surface area contributed by atoms with Crippen molar-refractivity contribution in [2.75, 3.05) is 0 Å². The normalized spacial score (nSPS) is 15.0. The molecule has 3 heterocycles. The first kappa shape index (κ1) is 18.2. The van der Waals surface area contributed by atoms with Crippen molar-refractivity contribution in [3.05, 3.63) is 72.9 Å². The molecule has 1 aliphatic rings. The van der Waals surface area contributed by atoms with E-state index in [1.54, 1.807) is 0 Å². The molecule has 0 saturated heterocycles. The van der Waals surface area contributed by atoms with E-state index in [1.807, 2.05) is 36.5 Å². The lowest BCUT2D eigenvalue weighted by Crippen LogP contribution is -2.15. The van der Waals surface area contributed by atoms with Gasteiger partial charge in [-0.25, -0.2) is 14.6 Å². The Morgan fingerprint density at radius 3 is 2.35 bits per heavy atom. The van der Waals surface area contributed by atoms with Crippen LogP contribution in [0.5, 0.6) is 0 Å². The van der Waals surface area contributed by atoms with E-state index in [9.17, 15) is 0 Å². The van der Waals surface area contributed by atoms with Crippen molar-refractivity contribution >= 4 is 21.7 Å². The molecule has 5 nitrogen and oxygen atoms in total. The van der Waals surface area contributed by atoms with Crippen molar-refractivity contribution in [3.63, 3.8) is 0 Å². The van der Waals surface area contributed by atoms with Crippen molar-refractivity contribution in [1.82, 2.24) is 24.7 Å². The molecule has 0 radical (unpaired) electrons. The lowest BCUT2D eigenvalue weighted by Gasteiger charge is -2.23. The van der Waals surface area contributed by atoms with Crippen LogP contribution in [0.4, 0.5) is 0 Å². The Bertz CT molecular complexity index is 1380. The second-order valence-electron chi connectivity index (χ2n) is 8.30. The summed E-state index contributed by atoms with van der Waals surface area (Å²) in [6.45, 7) is 0. The predicted octanol–water partition coefficient (Wildman–Crippen LogP) is 6.21. The second-order valence-corrected chi connectivity index (χ2v) is 8.30. The van der Waals surface area contributed by atoms with E-state index in [1.165, 1.54) is 19.3 Å². The van der Waals surface area contributed by atoms with Gasteiger partial charge in [0, 0.05) is 17.0 Å². The summed E-state index contributed by atoms with van der Waals surface area (Å²) in [7, 11) is 0. The van der Waals surface area contributed by atoms with Gasteiger partial charge in [0.25, 0.3) is 0 Å². The Morgan fingerprint density at radius 2 is 1.48 bits per heavy atom. The summed E-state index contributed by atoms with van der Waals surface area (Å²) in [5.41, 5.74) is 2.64. The molecule has 2 aromatic carbocycles. The zero-order valence-electron chi connectivity index (χ0n) is 17.3. The quantitative estimate of drug-likeness (QED) is 0.358. The van der Waals surface area contributed by atoms with E-state index >= 15 is 0 Å². The van der Waals surface area contributed by atoms with Crippen molar-refractivity contribution in [2.24, 2.45) is 0 Å². The van der Waals surface area contributed by atoms with Gasteiger partial charge in [-0.1, -0.05) is 67.8 Å². The van der Waals surface area contributed by atoms with E-state index in [0.717, 1.165) is 51.7 Å². The predicted molar refractivity (Wildman–Crippen MR) is 124 cm³/mol. The van der Waals surface area contributed by atoms with Gasteiger partial charge in [0.2, 0.25) is 0 Å². The highest BCUT2D eigenvalue weighted by atomic mass is 15.4. The van der Waals surface area contributed by atoms with Gasteiger partial charge >= 0.3 is 0 Å². The third-order valence-corrected chi connectivity index (χ3v) is 6.24. The van der Waals surface area contributed by atoms with Gasteiger partial charge in [0.1, 0.15) is 11.4 Å².